The molecule has 0 fully saturated rings. The molecule has 1 N–H and O–H groups in total. The zero-order valence-electron chi connectivity index (χ0n) is 12.7. The van der Waals surface area contributed by atoms with E-state index in [1.54, 1.807) is 25.1 Å². The third kappa shape index (κ3) is 4.44. The maximum absolute atomic E-state index is 11.9. The first kappa shape index (κ1) is 15.8. The van der Waals surface area contributed by atoms with Crippen molar-refractivity contribution in [1.82, 2.24) is 15.1 Å². The number of nitrogens with one attached hydrogen (secondary N) is 1. The summed E-state index contributed by atoms with van der Waals surface area (Å²) in [5.41, 5.74) is 0.570. The molecular weight excluding hydrogens is 282 g/mol. The number of carbonyl (C=O) groups excluding carboxylic acids is 1. The van der Waals surface area contributed by atoms with Crippen molar-refractivity contribution < 1.29 is 9.53 Å². The quantitative estimate of drug-likeness (QED) is 0.868. The normalized spacial score (nSPS) is 11.7. The van der Waals surface area contributed by atoms with Crippen molar-refractivity contribution in [3.05, 3.63) is 58.5 Å². The van der Waals surface area contributed by atoms with Crippen LogP contribution in [0.1, 0.15) is 12.6 Å². The van der Waals surface area contributed by atoms with Gasteiger partial charge < -0.3 is 10.1 Å². The number of hydrogen-bond donors (Lipinski definition) is 1. The Labute approximate surface area is 128 Å². The molecule has 0 saturated heterocycles. The number of rotatable bonds is 6. The van der Waals surface area contributed by atoms with E-state index in [0.29, 0.717) is 18.8 Å². The van der Waals surface area contributed by atoms with E-state index in [2.05, 4.69) is 10.4 Å². The number of hydrogen-bond acceptors (Lipinski definition) is 4. The van der Waals surface area contributed by atoms with Gasteiger partial charge in [-0.1, -0.05) is 18.2 Å². The van der Waals surface area contributed by atoms with Gasteiger partial charge in [0.1, 0.15) is 5.75 Å². The van der Waals surface area contributed by atoms with Crippen molar-refractivity contribution in [2.75, 3.05) is 6.54 Å². The van der Waals surface area contributed by atoms with Crippen LogP contribution in [0.4, 0.5) is 0 Å². The van der Waals surface area contributed by atoms with Crippen LogP contribution in [0.3, 0.4) is 0 Å². The van der Waals surface area contributed by atoms with Gasteiger partial charge in [0.25, 0.3) is 11.5 Å². The van der Waals surface area contributed by atoms with Crippen LogP contribution in [0, 0.1) is 6.92 Å². The van der Waals surface area contributed by atoms with Crippen molar-refractivity contribution in [2.24, 2.45) is 0 Å². The summed E-state index contributed by atoms with van der Waals surface area (Å²) in [5.74, 6) is 0.409. The minimum Gasteiger partial charge on any atom is -0.481 e. The van der Waals surface area contributed by atoms with E-state index in [9.17, 15) is 9.59 Å². The second kappa shape index (κ2) is 7.40. The van der Waals surface area contributed by atoms with Crippen LogP contribution in [0.2, 0.25) is 0 Å². The van der Waals surface area contributed by atoms with Crippen molar-refractivity contribution in [3.63, 3.8) is 0 Å². The van der Waals surface area contributed by atoms with Crippen LogP contribution >= 0.6 is 0 Å². The van der Waals surface area contributed by atoms with Crippen LogP contribution in [0.25, 0.3) is 0 Å². The number of nitrogens with zero attached hydrogens (tertiary/aromatic N) is 2. The molecule has 0 radical (unpaired) electrons. The lowest BCUT2D eigenvalue weighted by Crippen LogP contribution is -2.39. The van der Waals surface area contributed by atoms with Crippen LogP contribution in [-0.2, 0) is 11.3 Å². The lowest BCUT2D eigenvalue weighted by molar-refractivity contribution is -0.127. The van der Waals surface area contributed by atoms with Gasteiger partial charge in [-0.25, -0.2) is 4.68 Å². The van der Waals surface area contributed by atoms with E-state index in [4.69, 9.17) is 4.74 Å². The number of amides is 1. The highest BCUT2D eigenvalue weighted by atomic mass is 16.5. The standard InChI is InChI=1S/C16H19N3O3/c1-12-8-9-15(20)19(18-12)11-10-17-16(21)13(2)22-14-6-4-3-5-7-14/h3-9,13H,10-11H2,1-2H3,(H,17,21). The van der Waals surface area contributed by atoms with Gasteiger partial charge in [0.15, 0.2) is 6.10 Å². The van der Waals surface area contributed by atoms with Gasteiger partial charge in [-0.3, -0.25) is 9.59 Å². The second-order valence-electron chi connectivity index (χ2n) is 4.90. The molecule has 1 aromatic carbocycles. The molecule has 0 spiro atoms. The highest BCUT2D eigenvalue weighted by Gasteiger charge is 2.13. The van der Waals surface area contributed by atoms with Gasteiger partial charge in [0.2, 0.25) is 0 Å². The smallest absolute Gasteiger partial charge is 0.266 e. The summed E-state index contributed by atoms with van der Waals surface area (Å²) < 4.78 is 6.86. The first-order valence-electron chi connectivity index (χ1n) is 7.10. The maximum Gasteiger partial charge on any atom is 0.266 e. The summed E-state index contributed by atoms with van der Waals surface area (Å²) >= 11 is 0. The first-order chi connectivity index (χ1) is 10.6. The van der Waals surface area contributed by atoms with Gasteiger partial charge >= 0.3 is 0 Å². The van der Waals surface area contributed by atoms with Crippen molar-refractivity contribution >= 4 is 5.91 Å². The minimum absolute atomic E-state index is 0.187. The Kier molecular flexibility index (Phi) is 5.30. The Morgan fingerprint density at radius 2 is 2.00 bits per heavy atom. The largest absolute Gasteiger partial charge is 0.481 e. The van der Waals surface area contributed by atoms with Crippen LogP contribution in [0.5, 0.6) is 5.75 Å². The second-order valence-corrected chi connectivity index (χ2v) is 4.90. The van der Waals surface area contributed by atoms with Crippen molar-refractivity contribution in [2.45, 2.75) is 26.5 Å². The molecule has 6 heteroatoms. The van der Waals surface area contributed by atoms with Gasteiger partial charge in [-0.15, -0.1) is 0 Å². The molecule has 0 aliphatic carbocycles. The Morgan fingerprint density at radius 1 is 1.27 bits per heavy atom. The molecular formula is C16H19N3O3. The molecule has 22 heavy (non-hydrogen) atoms. The molecule has 6 nitrogen and oxygen atoms in total. The Morgan fingerprint density at radius 3 is 2.73 bits per heavy atom. The summed E-state index contributed by atoms with van der Waals surface area (Å²) in [6.45, 7) is 4.13. The van der Waals surface area contributed by atoms with E-state index in [0.717, 1.165) is 5.69 Å². The monoisotopic (exact) mass is 301 g/mol. The first-order valence-corrected chi connectivity index (χ1v) is 7.10. The van der Waals surface area contributed by atoms with Gasteiger partial charge in [-0.05, 0) is 32.0 Å². The number of ether oxygens (including phenoxy) is 1. The van der Waals surface area contributed by atoms with E-state index in [1.807, 2.05) is 25.1 Å². The van der Waals surface area contributed by atoms with Gasteiger partial charge in [-0.2, -0.15) is 5.10 Å². The molecule has 116 valence electrons. The molecule has 0 saturated carbocycles. The molecule has 1 amide bonds. The number of carbonyl (C=O) groups is 1. The molecule has 1 aromatic heterocycles. The zero-order valence-corrected chi connectivity index (χ0v) is 12.7. The fourth-order valence-electron chi connectivity index (χ4n) is 1.90. The van der Waals surface area contributed by atoms with E-state index < -0.39 is 6.10 Å². The molecule has 0 bridgehead atoms. The van der Waals surface area contributed by atoms with Crippen LogP contribution in [0.15, 0.2) is 47.3 Å². The molecule has 1 atom stereocenters. The maximum atomic E-state index is 11.9. The zero-order chi connectivity index (χ0) is 15.9. The molecule has 2 aromatic rings. The van der Waals surface area contributed by atoms with E-state index >= 15 is 0 Å². The average molecular weight is 301 g/mol. The molecule has 0 aliphatic rings. The number of aryl methyl sites for hydroxylation is 1. The third-order valence-electron chi connectivity index (χ3n) is 3.05. The topological polar surface area (TPSA) is 73.2 Å². The Hall–Kier alpha value is -2.63. The van der Waals surface area contributed by atoms with Crippen molar-refractivity contribution in [1.29, 1.82) is 0 Å². The lowest BCUT2D eigenvalue weighted by atomic mass is 10.3. The lowest BCUT2D eigenvalue weighted by Gasteiger charge is -2.14. The SMILES string of the molecule is Cc1ccc(=O)n(CCNC(=O)C(C)Oc2ccccc2)n1. The molecule has 2 rings (SSSR count). The number of para-hydroxylation sites is 1. The van der Waals surface area contributed by atoms with E-state index in [-0.39, 0.29) is 11.5 Å². The number of aromatic nitrogens is 2. The van der Waals surface area contributed by atoms with Gasteiger partial charge in [0.05, 0.1) is 12.2 Å². The summed E-state index contributed by atoms with van der Waals surface area (Å²) in [7, 11) is 0. The molecule has 1 heterocycles. The Balaban J connectivity index is 1.82. The molecule has 1 unspecified atom stereocenters. The summed E-state index contributed by atoms with van der Waals surface area (Å²) in [6.07, 6.45) is -0.607. The summed E-state index contributed by atoms with van der Waals surface area (Å²) in [6, 6.07) is 12.3. The molecule has 0 aliphatic heterocycles. The highest BCUT2D eigenvalue weighted by molar-refractivity contribution is 5.80. The van der Waals surface area contributed by atoms with E-state index in [1.165, 1.54) is 10.7 Å². The van der Waals surface area contributed by atoms with Crippen molar-refractivity contribution in [3.8, 4) is 5.75 Å². The summed E-state index contributed by atoms with van der Waals surface area (Å²) in [5, 5.41) is 6.84. The minimum atomic E-state index is -0.607. The van der Waals surface area contributed by atoms with Gasteiger partial charge in [0, 0.05) is 12.6 Å². The fourth-order valence-corrected chi connectivity index (χ4v) is 1.90. The predicted octanol–water partition coefficient (Wildman–Crippen LogP) is 1.14. The number of benzene rings is 1. The Bertz CT molecular complexity index is 683. The third-order valence-corrected chi connectivity index (χ3v) is 3.05. The van der Waals surface area contributed by atoms with Crippen LogP contribution < -0.4 is 15.6 Å². The predicted molar refractivity (Wildman–Crippen MR) is 82.8 cm³/mol. The fraction of sp³-hybridized carbons (Fsp3) is 0.312. The highest BCUT2D eigenvalue weighted by Crippen LogP contribution is 2.10. The van der Waals surface area contributed by atoms with Crippen LogP contribution in [-0.4, -0.2) is 28.3 Å². The average Bonchev–Trinajstić information content (AvgIpc) is 2.51. The summed E-state index contributed by atoms with van der Waals surface area (Å²) in [4.78, 5) is 23.5.